The average molecular weight is 577 g/mol. The van der Waals surface area contributed by atoms with Gasteiger partial charge in [-0.2, -0.15) is 0 Å². The van der Waals surface area contributed by atoms with Crippen LogP contribution >= 0.6 is 0 Å². The molecule has 2 atom stereocenters. The van der Waals surface area contributed by atoms with Crippen LogP contribution in [0, 0.1) is 5.92 Å². The highest BCUT2D eigenvalue weighted by Crippen LogP contribution is 2.38. The van der Waals surface area contributed by atoms with Crippen LogP contribution < -0.4 is 0 Å². The first-order chi connectivity index (χ1) is 22.2. The fourth-order valence-electron chi connectivity index (χ4n) is 7.51. The summed E-state index contributed by atoms with van der Waals surface area (Å²) >= 11 is 0. The van der Waals surface area contributed by atoms with Gasteiger partial charge in [0.2, 0.25) is 0 Å². The van der Waals surface area contributed by atoms with Gasteiger partial charge in [-0.3, -0.25) is 0 Å². The lowest BCUT2D eigenvalue weighted by atomic mass is 9.81. The van der Waals surface area contributed by atoms with Gasteiger partial charge >= 0.3 is 0 Å². The molecule has 0 fully saturated rings. The number of hydrogen-bond acceptors (Lipinski definition) is 0. The minimum atomic E-state index is 0.398. The summed E-state index contributed by atoms with van der Waals surface area (Å²) < 4.78 is 4.85. The quantitative estimate of drug-likeness (QED) is 0.197. The van der Waals surface area contributed by atoms with Crippen LogP contribution in [0.25, 0.3) is 60.6 Å². The lowest BCUT2D eigenvalue weighted by Gasteiger charge is -2.24. The van der Waals surface area contributed by atoms with Gasteiger partial charge in [0.15, 0.2) is 0 Å². The molecule has 1 aliphatic carbocycles. The molecule has 2 unspecified atom stereocenters. The summed E-state index contributed by atoms with van der Waals surface area (Å²) in [6.45, 7) is 2.33. The molecule has 45 heavy (non-hydrogen) atoms. The van der Waals surface area contributed by atoms with Gasteiger partial charge in [-0.1, -0.05) is 128 Å². The monoisotopic (exact) mass is 576 g/mol. The molecule has 6 aromatic carbocycles. The number of aromatic nitrogens is 2. The Balaban J connectivity index is 1.21. The van der Waals surface area contributed by atoms with E-state index in [-0.39, 0.29) is 0 Å². The number of allylic oxidation sites excluding steroid dienone is 4. The Morgan fingerprint density at radius 1 is 0.467 bits per heavy atom. The second kappa shape index (κ2) is 10.2. The van der Waals surface area contributed by atoms with E-state index in [4.69, 9.17) is 0 Å². The fraction of sp³-hybridized carbons (Fsp3) is 0.0698. The van der Waals surface area contributed by atoms with Gasteiger partial charge in [-0.05, 0) is 65.1 Å². The Kier molecular flexibility index (Phi) is 5.89. The standard InChI is InChI=1S/C43H32N2/c1-29-26-32(22-24-35(29)30-12-3-2-4-13-30)31-14-11-15-33(27-31)45-42-21-10-7-18-38(42)39-25-23-34(28-43(39)45)44-40-19-8-5-16-36(40)37-17-6-9-20-41(37)44/h2-29,35H,1H3. The maximum absolute atomic E-state index is 2.44. The SMILES string of the molecule is CC1C=C(c2cccc(-n3c4ccccc4c4ccc(-n5c6ccccc6c6ccccc65)cc43)c2)C=CC1c1ccccc1. The zero-order chi connectivity index (χ0) is 29.9. The first kappa shape index (κ1) is 25.9. The molecule has 0 saturated heterocycles. The van der Waals surface area contributed by atoms with Crippen molar-refractivity contribution in [3.63, 3.8) is 0 Å². The molecule has 9 rings (SSSR count). The van der Waals surface area contributed by atoms with Crippen molar-refractivity contribution >= 4 is 49.2 Å². The van der Waals surface area contributed by atoms with Gasteiger partial charge in [-0.25, -0.2) is 0 Å². The molecule has 0 aliphatic heterocycles. The maximum Gasteiger partial charge on any atom is 0.0561 e. The second-order valence-electron chi connectivity index (χ2n) is 12.3. The minimum absolute atomic E-state index is 0.398. The predicted molar refractivity (Wildman–Crippen MR) is 191 cm³/mol. The molecule has 0 bridgehead atoms. The van der Waals surface area contributed by atoms with E-state index in [0.29, 0.717) is 11.8 Å². The summed E-state index contributed by atoms with van der Waals surface area (Å²) in [6, 6.07) is 53.0. The summed E-state index contributed by atoms with van der Waals surface area (Å²) in [4.78, 5) is 0. The van der Waals surface area contributed by atoms with Gasteiger partial charge < -0.3 is 9.13 Å². The smallest absolute Gasteiger partial charge is 0.0561 e. The van der Waals surface area contributed by atoms with Gasteiger partial charge in [0.05, 0.1) is 22.1 Å². The summed E-state index contributed by atoms with van der Waals surface area (Å²) in [7, 11) is 0. The van der Waals surface area contributed by atoms with Crippen LogP contribution in [0.3, 0.4) is 0 Å². The van der Waals surface area contributed by atoms with Crippen LogP contribution in [0.2, 0.25) is 0 Å². The molecule has 2 aromatic heterocycles. The summed E-state index contributed by atoms with van der Waals surface area (Å²) in [5, 5.41) is 5.08. The van der Waals surface area contributed by atoms with Crippen LogP contribution in [0.1, 0.15) is 24.0 Å². The topological polar surface area (TPSA) is 9.86 Å². The summed E-state index contributed by atoms with van der Waals surface area (Å²) in [5.74, 6) is 0.813. The molecule has 2 heterocycles. The fourth-order valence-corrected chi connectivity index (χ4v) is 7.51. The van der Waals surface area contributed by atoms with E-state index in [1.165, 1.54) is 71.7 Å². The molecule has 0 spiro atoms. The number of fused-ring (bicyclic) bond motifs is 6. The summed E-state index contributed by atoms with van der Waals surface area (Å²) in [6.07, 6.45) is 7.12. The van der Waals surface area contributed by atoms with Gasteiger partial charge in [0.1, 0.15) is 0 Å². The van der Waals surface area contributed by atoms with Gasteiger partial charge in [0, 0.05) is 38.8 Å². The number of rotatable bonds is 4. The van der Waals surface area contributed by atoms with E-state index in [9.17, 15) is 0 Å². The number of benzene rings is 6. The molecular formula is C43H32N2. The molecule has 2 nitrogen and oxygen atoms in total. The second-order valence-corrected chi connectivity index (χ2v) is 12.3. The van der Waals surface area contributed by atoms with Gasteiger partial charge in [0.25, 0.3) is 0 Å². The van der Waals surface area contributed by atoms with Crippen LogP contribution in [-0.2, 0) is 0 Å². The van der Waals surface area contributed by atoms with E-state index in [1.807, 2.05) is 0 Å². The van der Waals surface area contributed by atoms with Crippen molar-refractivity contribution in [2.75, 3.05) is 0 Å². The Morgan fingerprint density at radius 2 is 1.02 bits per heavy atom. The molecule has 1 aliphatic rings. The average Bonchev–Trinajstić information content (AvgIpc) is 3.61. The zero-order valence-corrected chi connectivity index (χ0v) is 25.1. The lowest BCUT2D eigenvalue weighted by Crippen LogP contribution is -2.09. The van der Waals surface area contributed by atoms with E-state index in [1.54, 1.807) is 0 Å². The Morgan fingerprint density at radius 3 is 1.67 bits per heavy atom. The Labute approximate surface area is 262 Å². The van der Waals surface area contributed by atoms with Crippen LogP contribution in [-0.4, -0.2) is 9.13 Å². The molecule has 0 saturated carbocycles. The van der Waals surface area contributed by atoms with Crippen molar-refractivity contribution in [3.05, 3.63) is 175 Å². The van der Waals surface area contributed by atoms with Crippen molar-refractivity contribution in [1.82, 2.24) is 9.13 Å². The number of hydrogen-bond donors (Lipinski definition) is 0. The molecular weight excluding hydrogens is 544 g/mol. The Bertz CT molecular complexity index is 2400. The van der Waals surface area contributed by atoms with Crippen molar-refractivity contribution < 1.29 is 0 Å². The number of para-hydroxylation sites is 3. The molecule has 8 aromatic rings. The van der Waals surface area contributed by atoms with Crippen molar-refractivity contribution in [1.29, 1.82) is 0 Å². The molecule has 214 valence electrons. The number of nitrogens with zero attached hydrogens (tertiary/aromatic N) is 2. The normalized spacial score (nSPS) is 16.6. The van der Waals surface area contributed by atoms with E-state index >= 15 is 0 Å². The highest BCUT2D eigenvalue weighted by molar-refractivity contribution is 6.12. The first-order valence-corrected chi connectivity index (χ1v) is 15.8. The third-order valence-electron chi connectivity index (χ3n) is 9.61. The van der Waals surface area contributed by atoms with Crippen LogP contribution in [0.15, 0.2) is 164 Å². The van der Waals surface area contributed by atoms with Crippen molar-refractivity contribution in [2.45, 2.75) is 12.8 Å². The Hall–Kier alpha value is -5.60. The van der Waals surface area contributed by atoms with Crippen LogP contribution in [0.5, 0.6) is 0 Å². The van der Waals surface area contributed by atoms with Crippen molar-refractivity contribution in [2.24, 2.45) is 5.92 Å². The van der Waals surface area contributed by atoms with E-state index in [2.05, 4.69) is 180 Å². The van der Waals surface area contributed by atoms with E-state index < -0.39 is 0 Å². The first-order valence-electron chi connectivity index (χ1n) is 15.8. The molecule has 0 N–H and O–H groups in total. The predicted octanol–water partition coefficient (Wildman–Crippen LogP) is 11.3. The van der Waals surface area contributed by atoms with Crippen LogP contribution in [0.4, 0.5) is 0 Å². The maximum atomic E-state index is 2.44. The lowest BCUT2D eigenvalue weighted by molar-refractivity contribution is 0.638. The molecule has 2 heteroatoms. The van der Waals surface area contributed by atoms with Crippen molar-refractivity contribution in [3.8, 4) is 11.4 Å². The molecule has 0 radical (unpaired) electrons. The third kappa shape index (κ3) is 4.10. The minimum Gasteiger partial charge on any atom is -0.309 e. The zero-order valence-electron chi connectivity index (χ0n) is 25.1. The third-order valence-corrected chi connectivity index (χ3v) is 9.61. The summed E-state index contributed by atoms with van der Waals surface area (Å²) in [5.41, 5.74) is 11.1. The highest BCUT2D eigenvalue weighted by Gasteiger charge is 2.20. The van der Waals surface area contributed by atoms with E-state index in [0.717, 1.165) is 0 Å². The van der Waals surface area contributed by atoms with Gasteiger partial charge in [-0.15, -0.1) is 0 Å². The molecule has 0 amide bonds. The highest BCUT2D eigenvalue weighted by atomic mass is 15.0. The largest absolute Gasteiger partial charge is 0.309 e.